The standard InChI is InChI=1S/C16H24N2O2S/c1-21(19,20)15-7-3-2-6-14(15)18-11-5-9-16(13-18)8-4-10-17-12-16/h2-3,6-7,17H,4-5,8-13H2,1H3. The van der Waals surface area contributed by atoms with Gasteiger partial charge in [0, 0.05) is 31.3 Å². The number of benzene rings is 1. The van der Waals surface area contributed by atoms with Crippen LogP contribution in [0.5, 0.6) is 0 Å². The third kappa shape index (κ3) is 3.09. The van der Waals surface area contributed by atoms with Gasteiger partial charge >= 0.3 is 0 Å². The van der Waals surface area contributed by atoms with Crippen molar-refractivity contribution in [3.05, 3.63) is 24.3 Å². The van der Waals surface area contributed by atoms with Crippen LogP contribution in [0.3, 0.4) is 0 Å². The fourth-order valence-corrected chi connectivity index (χ4v) is 4.73. The zero-order valence-corrected chi connectivity index (χ0v) is 13.5. The average molecular weight is 308 g/mol. The number of rotatable bonds is 2. The van der Waals surface area contributed by atoms with Gasteiger partial charge in [-0.3, -0.25) is 0 Å². The summed E-state index contributed by atoms with van der Waals surface area (Å²) in [7, 11) is -3.18. The minimum absolute atomic E-state index is 0.321. The molecule has 0 radical (unpaired) electrons. The Kier molecular flexibility index (Phi) is 3.97. The van der Waals surface area contributed by atoms with E-state index in [1.807, 2.05) is 18.2 Å². The summed E-state index contributed by atoms with van der Waals surface area (Å²) in [6.45, 7) is 4.09. The van der Waals surface area contributed by atoms with Gasteiger partial charge in [-0.15, -0.1) is 0 Å². The van der Waals surface area contributed by atoms with E-state index in [-0.39, 0.29) is 0 Å². The lowest BCUT2D eigenvalue weighted by atomic mass is 9.74. The molecule has 1 unspecified atom stereocenters. The highest BCUT2D eigenvalue weighted by atomic mass is 32.2. The van der Waals surface area contributed by atoms with Crippen molar-refractivity contribution >= 4 is 15.5 Å². The van der Waals surface area contributed by atoms with E-state index in [1.54, 1.807) is 6.07 Å². The third-order valence-corrected chi connectivity index (χ3v) is 5.97. The van der Waals surface area contributed by atoms with Crippen molar-refractivity contribution in [2.75, 3.05) is 37.3 Å². The number of piperidine rings is 2. The van der Waals surface area contributed by atoms with Crippen molar-refractivity contribution in [3.63, 3.8) is 0 Å². The maximum absolute atomic E-state index is 12.0. The fourth-order valence-electron chi connectivity index (χ4n) is 3.82. The van der Waals surface area contributed by atoms with Crippen LogP contribution in [0, 0.1) is 5.41 Å². The normalized spacial score (nSPS) is 27.0. The molecule has 4 nitrogen and oxygen atoms in total. The van der Waals surface area contributed by atoms with E-state index in [4.69, 9.17) is 0 Å². The maximum atomic E-state index is 12.0. The first-order chi connectivity index (χ1) is 10.0. The van der Waals surface area contributed by atoms with Crippen molar-refractivity contribution in [3.8, 4) is 0 Å². The molecule has 116 valence electrons. The number of nitrogens with one attached hydrogen (secondary N) is 1. The van der Waals surface area contributed by atoms with Crippen LogP contribution >= 0.6 is 0 Å². The predicted octanol–water partition coefficient (Wildman–Crippen LogP) is 2.06. The fraction of sp³-hybridized carbons (Fsp3) is 0.625. The lowest BCUT2D eigenvalue weighted by molar-refractivity contribution is 0.173. The van der Waals surface area contributed by atoms with E-state index in [1.165, 1.54) is 25.5 Å². The highest BCUT2D eigenvalue weighted by Gasteiger charge is 2.37. The van der Waals surface area contributed by atoms with E-state index in [0.29, 0.717) is 10.3 Å². The molecule has 1 aromatic rings. The Bertz CT molecular complexity index is 601. The average Bonchev–Trinajstić information content (AvgIpc) is 2.47. The first-order valence-electron chi connectivity index (χ1n) is 7.75. The molecular weight excluding hydrogens is 284 g/mol. The smallest absolute Gasteiger partial charge is 0.177 e. The van der Waals surface area contributed by atoms with Crippen LogP contribution in [-0.4, -0.2) is 40.9 Å². The SMILES string of the molecule is CS(=O)(=O)c1ccccc1N1CCCC2(CCCNC2)C1. The Hall–Kier alpha value is -1.07. The molecule has 2 fully saturated rings. The number of sulfone groups is 1. The van der Waals surface area contributed by atoms with Crippen LogP contribution in [0.25, 0.3) is 0 Å². The van der Waals surface area contributed by atoms with Crippen molar-refractivity contribution < 1.29 is 8.42 Å². The van der Waals surface area contributed by atoms with E-state index < -0.39 is 9.84 Å². The molecule has 0 bridgehead atoms. The summed E-state index contributed by atoms with van der Waals surface area (Å²) in [5.41, 5.74) is 1.20. The third-order valence-electron chi connectivity index (χ3n) is 4.83. The van der Waals surface area contributed by atoms with Crippen LogP contribution in [0.15, 0.2) is 29.2 Å². The van der Waals surface area contributed by atoms with Crippen LogP contribution in [0.2, 0.25) is 0 Å². The lowest BCUT2D eigenvalue weighted by Crippen LogP contribution is -2.51. The van der Waals surface area contributed by atoms with E-state index >= 15 is 0 Å². The molecule has 2 saturated heterocycles. The summed E-state index contributed by atoms with van der Waals surface area (Å²) in [6.07, 6.45) is 6.16. The summed E-state index contributed by atoms with van der Waals surface area (Å²) < 4.78 is 24.1. The van der Waals surface area contributed by atoms with Crippen molar-refractivity contribution in [2.45, 2.75) is 30.6 Å². The van der Waals surface area contributed by atoms with Gasteiger partial charge in [0.1, 0.15) is 0 Å². The van der Waals surface area contributed by atoms with Crippen molar-refractivity contribution in [1.29, 1.82) is 0 Å². The maximum Gasteiger partial charge on any atom is 0.177 e. The molecule has 2 aliphatic rings. The number of hydrogen-bond donors (Lipinski definition) is 1. The van der Waals surface area contributed by atoms with Crippen molar-refractivity contribution in [1.82, 2.24) is 5.32 Å². The van der Waals surface area contributed by atoms with Gasteiger partial charge in [0.2, 0.25) is 0 Å². The Balaban J connectivity index is 1.90. The molecule has 0 amide bonds. The second-order valence-electron chi connectivity index (χ2n) is 6.55. The zero-order chi connectivity index (χ0) is 14.9. The van der Waals surface area contributed by atoms with E-state index in [2.05, 4.69) is 10.2 Å². The van der Waals surface area contributed by atoms with Gasteiger partial charge in [-0.05, 0) is 44.4 Å². The van der Waals surface area contributed by atoms with Crippen LogP contribution in [-0.2, 0) is 9.84 Å². The zero-order valence-electron chi connectivity index (χ0n) is 12.6. The molecule has 21 heavy (non-hydrogen) atoms. The molecule has 1 atom stereocenters. The topological polar surface area (TPSA) is 49.4 Å². The summed E-state index contributed by atoms with van der Waals surface area (Å²) in [4.78, 5) is 2.75. The molecule has 1 spiro atoms. The van der Waals surface area contributed by atoms with Gasteiger partial charge in [0.15, 0.2) is 9.84 Å². The number of hydrogen-bond acceptors (Lipinski definition) is 4. The van der Waals surface area contributed by atoms with Gasteiger partial charge < -0.3 is 10.2 Å². The number of nitrogens with zero attached hydrogens (tertiary/aromatic N) is 1. The first-order valence-corrected chi connectivity index (χ1v) is 9.64. The minimum Gasteiger partial charge on any atom is -0.370 e. The molecule has 1 aromatic carbocycles. The molecule has 0 aliphatic carbocycles. The van der Waals surface area contributed by atoms with Gasteiger partial charge in [-0.1, -0.05) is 12.1 Å². The number of para-hydroxylation sites is 1. The quantitative estimate of drug-likeness (QED) is 0.908. The highest BCUT2D eigenvalue weighted by molar-refractivity contribution is 7.90. The molecule has 1 N–H and O–H groups in total. The Morgan fingerprint density at radius 3 is 2.67 bits per heavy atom. The summed E-state index contributed by atoms with van der Waals surface area (Å²) in [5.74, 6) is 0. The monoisotopic (exact) mass is 308 g/mol. The molecule has 2 aliphatic heterocycles. The number of anilines is 1. The minimum atomic E-state index is -3.18. The van der Waals surface area contributed by atoms with Crippen LogP contribution in [0.1, 0.15) is 25.7 Å². The summed E-state index contributed by atoms with van der Waals surface area (Å²) >= 11 is 0. The van der Waals surface area contributed by atoms with Gasteiger partial charge in [-0.2, -0.15) is 0 Å². The second kappa shape index (κ2) is 5.61. The van der Waals surface area contributed by atoms with Crippen molar-refractivity contribution in [2.24, 2.45) is 5.41 Å². The van der Waals surface area contributed by atoms with Gasteiger partial charge in [0.25, 0.3) is 0 Å². The molecule has 0 saturated carbocycles. The Morgan fingerprint density at radius 1 is 1.19 bits per heavy atom. The predicted molar refractivity (Wildman–Crippen MR) is 85.5 cm³/mol. The molecule has 3 rings (SSSR count). The first kappa shape index (κ1) is 14.9. The summed E-state index contributed by atoms with van der Waals surface area (Å²) in [5, 5.41) is 3.52. The second-order valence-corrected chi connectivity index (χ2v) is 8.53. The van der Waals surface area contributed by atoms with Gasteiger partial charge in [0.05, 0.1) is 10.6 Å². The highest BCUT2D eigenvalue weighted by Crippen LogP contribution is 2.39. The van der Waals surface area contributed by atoms with E-state index in [9.17, 15) is 8.42 Å². The van der Waals surface area contributed by atoms with Gasteiger partial charge in [-0.25, -0.2) is 8.42 Å². The molecule has 2 heterocycles. The largest absolute Gasteiger partial charge is 0.370 e. The lowest BCUT2D eigenvalue weighted by Gasteiger charge is -2.46. The van der Waals surface area contributed by atoms with Crippen LogP contribution in [0.4, 0.5) is 5.69 Å². The van der Waals surface area contributed by atoms with E-state index in [0.717, 1.165) is 38.3 Å². The molecular formula is C16H24N2O2S. The van der Waals surface area contributed by atoms with Crippen LogP contribution < -0.4 is 10.2 Å². The summed E-state index contributed by atoms with van der Waals surface area (Å²) in [6, 6.07) is 7.42. The Morgan fingerprint density at radius 2 is 1.95 bits per heavy atom. The molecule has 0 aromatic heterocycles. The Labute approximate surface area is 127 Å². The molecule has 5 heteroatoms.